The first-order valence-corrected chi connectivity index (χ1v) is 5.85. The van der Waals surface area contributed by atoms with Crippen molar-refractivity contribution in [1.82, 2.24) is 9.97 Å². The first kappa shape index (κ1) is 11.6. The van der Waals surface area contributed by atoms with Crippen molar-refractivity contribution in [2.45, 2.75) is 13.8 Å². The van der Waals surface area contributed by atoms with Gasteiger partial charge in [0.25, 0.3) is 0 Å². The molecule has 0 radical (unpaired) electrons. The first-order chi connectivity index (χ1) is 7.60. The largest absolute Gasteiger partial charge is 0.396 e. The van der Waals surface area contributed by atoms with E-state index in [0.29, 0.717) is 22.8 Å². The first-order valence-electron chi connectivity index (χ1n) is 5.47. The molecule has 2 atom stereocenters. The molecule has 1 N–H and O–H groups in total. The van der Waals surface area contributed by atoms with Crippen molar-refractivity contribution in [3.63, 3.8) is 0 Å². The molecule has 5 heteroatoms. The summed E-state index contributed by atoms with van der Waals surface area (Å²) in [6.07, 6.45) is 0. The molecule has 1 aromatic heterocycles. The van der Waals surface area contributed by atoms with Crippen LogP contribution in [0.1, 0.15) is 12.7 Å². The molecule has 1 saturated heterocycles. The Hall–Kier alpha value is -0.870. The lowest BCUT2D eigenvalue weighted by Gasteiger charge is -2.17. The van der Waals surface area contributed by atoms with Gasteiger partial charge in [-0.1, -0.05) is 18.5 Å². The second-order valence-electron chi connectivity index (χ2n) is 4.42. The van der Waals surface area contributed by atoms with Crippen LogP contribution in [0.4, 0.5) is 5.82 Å². The smallest absolute Gasteiger partial charge is 0.134 e. The van der Waals surface area contributed by atoms with Crippen LogP contribution in [-0.2, 0) is 0 Å². The predicted octanol–water partition coefficient (Wildman–Crippen LogP) is 1.50. The molecule has 0 aromatic carbocycles. The number of aromatic nitrogens is 2. The standard InChI is InChI=1S/C11H16ClN3O/c1-7-4-15(5-9(7)6-16)11-3-10(12)13-8(2)14-11/h3,7,9,16H,4-6H2,1-2H3/t7-,9-/m1/s1. The van der Waals surface area contributed by atoms with Crippen LogP contribution in [0.3, 0.4) is 0 Å². The van der Waals surface area contributed by atoms with E-state index >= 15 is 0 Å². The molecule has 2 heterocycles. The summed E-state index contributed by atoms with van der Waals surface area (Å²) in [6, 6.07) is 1.78. The minimum Gasteiger partial charge on any atom is -0.396 e. The Morgan fingerprint density at radius 3 is 2.81 bits per heavy atom. The van der Waals surface area contributed by atoms with Crippen LogP contribution >= 0.6 is 11.6 Å². The molecule has 0 amide bonds. The van der Waals surface area contributed by atoms with E-state index in [4.69, 9.17) is 11.6 Å². The summed E-state index contributed by atoms with van der Waals surface area (Å²) in [5.74, 6) is 2.36. The monoisotopic (exact) mass is 241 g/mol. The van der Waals surface area contributed by atoms with Crippen LogP contribution in [-0.4, -0.2) is 34.8 Å². The third kappa shape index (κ3) is 2.28. The SMILES string of the molecule is Cc1nc(Cl)cc(N2C[C@H](CO)[C@H](C)C2)n1. The minimum atomic E-state index is 0.232. The lowest BCUT2D eigenvalue weighted by molar-refractivity contribution is 0.212. The highest BCUT2D eigenvalue weighted by molar-refractivity contribution is 6.29. The number of rotatable bonds is 2. The van der Waals surface area contributed by atoms with Crippen LogP contribution < -0.4 is 4.90 Å². The quantitative estimate of drug-likeness (QED) is 0.798. The lowest BCUT2D eigenvalue weighted by atomic mass is 10.00. The van der Waals surface area contributed by atoms with Gasteiger partial charge in [0.2, 0.25) is 0 Å². The van der Waals surface area contributed by atoms with Gasteiger partial charge in [0.05, 0.1) is 0 Å². The van der Waals surface area contributed by atoms with Gasteiger partial charge in [-0.25, -0.2) is 9.97 Å². The summed E-state index contributed by atoms with van der Waals surface area (Å²) in [4.78, 5) is 10.6. The molecule has 0 unspecified atom stereocenters. The maximum Gasteiger partial charge on any atom is 0.134 e. The summed E-state index contributed by atoms with van der Waals surface area (Å²) >= 11 is 5.91. The van der Waals surface area contributed by atoms with Gasteiger partial charge in [-0.05, 0) is 12.8 Å². The van der Waals surface area contributed by atoms with Crippen molar-refractivity contribution in [3.05, 3.63) is 17.0 Å². The highest BCUT2D eigenvalue weighted by Crippen LogP contribution is 2.27. The molecule has 0 bridgehead atoms. The highest BCUT2D eigenvalue weighted by Gasteiger charge is 2.29. The number of aliphatic hydroxyl groups is 1. The van der Waals surface area contributed by atoms with Crippen molar-refractivity contribution < 1.29 is 5.11 Å². The number of hydrogen-bond acceptors (Lipinski definition) is 4. The minimum absolute atomic E-state index is 0.232. The molecule has 1 aliphatic heterocycles. The van der Waals surface area contributed by atoms with E-state index < -0.39 is 0 Å². The molecule has 0 aliphatic carbocycles. The molecule has 4 nitrogen and oxygen atoms in total. The van der Waals surface area contributed by atoms with E-state index in [2.05, 4.69) is 21.8 Å². The number of nitrogens with zero attached hydrogens (tertiary/aromatic N) is 3. The zero-order chi connectivity index (χ0) is 11.7. The van der Waals surface area contributed by atoms with Crippen LogP contribution in [0.25, 0.3) is 0 Å². The van der Waals surface area contributed by atoms with E-state index in [9.17, 15) is 5.11 Å². The molecule has 1 aromatic rings. The van der Waals surface area contributed by atoms with Gasteiger partial charge in [-0.2, -0.15) is 0 Å². The van der Waals surface area contributed by atoms with E-state index in [1.54, 1.807) is 6.07 Å². The Morgan fingerprint density at radius 1 is 1.50 bits per heavy atom. The summed E-state index contributed by atoms with van der Waals surface area (Å²) in [7, 11) is 0. The fourth-order valence-electron chi connectivity index (χ4n) is 2.14. The van der Waals surface area contributed by atoms with Gasteiger partial charge >= 0.3 is 0 Å². The van der Waals surface area contributed by atoms with Gasteiger partial charge in [0, 0.05) is 31.7 Å². The molecular weight excluding hydrogens is 226 g/mol. The Balaban J connectivity index is 2.19. The number of anilines is 1. The van der Waals surface area contributed by atoms with Crippen LogP contribution in [0, 0.1) is 18.8 Å². The van der Waals surface area contributed by atoms with Gasteiger partial charge in [-0.15, -0.1) is 0 Å². The fraction of sp³-hybridized carbons (Fsp3) is 0.636. The number of hydrogen-bond donors (Lipinski definition) is 1. The molecule has 0 saturated carbocycles. The van der Waals surface area contributed by atoms with Crippen molar-refractivity contribution >= 4 is 17.4 Å². The molecule has 2 rings (SSSR count). The van der Waals surface area contributed by atoms with Gasteiger partial charge in [0.1, 0.15) is 16.8 Å². The Morgan fingerprint density at radius 2 is 2.25 bits per heavy atom. The average Bonchev–Trinajstić information content (AvgIpc) is 2.58. The Kier molecular flexibility index (Phi) is 3.30. The maximum atomic E-state index is 9.22. The topological polar surface area (TPSA) is 49.2 Å². The lowest BCUT2D eigenvalue weighted by Crippen LogP contribution is -2.22. The van der Waals surface area contributed by atoms with Gasteiger partial charge in [-0.3, -0.25) is 0 Å². The number of aliphatic hydroxyl groups excluding tert-OH is 1. The fourth-order valence-corrected chi connectivity index (χ4v) is 2.36. The zero-order valence-corrected chi connectivity index (χ0v) is 10.3. The summed E-state index contributed by atoms with van der Waals surface area (Å²) in [6.45, 7) is 5.97. The molecule has 1 fully saturated rings. The van der Waals surface area contributed by atoms with Crippen LogP contribution in [0.5, 0.6) is 0 Å². The highest BCUT2D eigenvalue weighted by atomic mass is 35.5. The normalized spacial score (nSPS) is 25.1. The Bertz CT molecular complexity index is 365. The predicted molar refractivity (Wildman–Crippen MR) is 63.7 cm³/mol. The van der Waals surface area contributed by atoms with Crippen LogP contribution in [0.15, 0.2) is 6.07 Å². The molecule has 16 heavy (non-hydrogen) atoms. The molecular formula is C11H16ClN3O. The van der Waals surface area contributed by atoms with Crippen molar-refractivity contribution in [1.29, 1.82) is 0 Å². The Labute approximate surface area is 100 Å². The summed E-state index contributed by atoms with van der Waals surface area (Å²) in [5, 5.41) is 9.70. The molecule has 1 aliphatic rings. The van der Waals surface area contributed by atoms with E-state index in [-0.39, 0.29) is 6.61 Å². The van der Waals surface area contributed by atoms with Crippen molar-refractivity contribution in [2.24, 2.45) is 11.8 Å². The summed E-state index contributed by atoms with van der Waals surface area (Å²) < 4.78 is 0. The third-order valence-corrected chi connectivity index (χ3v) is 3.31. The van der Waals surface area contributed by atoms with Gasteiger partial charge in [0.15, 0.2) is 0 Å². The second-order valence-corrected chi connectivity index (χ2v) is 4.81. The van der Waals surface area contributed by atoms with Crippen molar-refractivity contribution in [3.8, 4) is 0 Å². The third-order valence-electron chi connectivity index (χ3n) is 3.12. The van der Waals surface area contributed by atoms with E-state index in [0.717, 1.165) is 18.9 Å². The number of aryl methyl sites for hydroxylation is 1. The number of halogens is 1. The zero-order valence-electron chi connectivity index (χ0n) is 9.52. The molecule has 0 spiro atoms. The summed E-state index contributed by atoms with van der Waals surface area (Å²) in [5.41, 5.74) is 0. The average molecular weight is 242 g/mol. The van der Waals surface area contributed by atoms with E-state index in [1.807, 2.05) is 6.92 Å². The molecule has 88 valence electrons. The second kappa shape index (κ2) is 4.55. The van der Waals surface area contributed by atoms with E-state index in [1.165, 1.54) is 0 Å². The van der Waals surface area contributed by atoms with Crippen LogP contribution in [0.2, 0.25) is 5.15 Å². The maximum absolute atomic E-state index is 9.22. The van der Waals surface area contributed by atoms with Crippen molar-refractivity contribution in [2.75, 3.05) is 24.6 Å². The van der Waals surface area contributed by atoms with Gasteiger partial charge < -0.3 is 10.0 Å².